The molecular weight excluding hydrogens is 351 g/mol. The summed E-state index contributed by atoms with van der Waals surface area (Å²) in [6, 6.07) is 5.39. The van der Waals surface area contributed by atoms with Crippen LogP contribution >= 0.6 is 0 Å². The molecule has 2 rings (SSSR count). The van der Waals surface area contributed by atoms with Crippen LogP contribution in [0.1, 0.15) is 38.0 Å². The van der Waals surface area contributed by atoms with Crippen molar-refractivity contribution in [2.75, 3.05) is 0 Å². The topological polar surface area (TPSA) is 98.6 Å². The van der Waals surface area contributed by atoms with E-state index in [4.69, 9.17) is 10.3 Å². The lowest BCUT2D eigenvalue weighted by molar-refractivity contribution is -0.274. The number of nitrogens with zero attached hydrogens (tertiary/aromatic N) is 3. The first-order valence-corrected chi connectivity index (χ1v) is 7.74. The fourth-order valence-corrected chi connectivity index (χ4v) is 1.83. The number of aliphatic imine (C=N–C) groups is 1. The fraction of sp³-hybridized carbons (Fsp3) is 0.438. The first-order valence-electron chi connectivity index (χ1n) is 7.74. The molecule has 0 aliphatic heterocycles. The smallest absolute Gasteiger partial charge is 0.406 e. The van der Waals surface area contributed by atoms with Crippen LogP contribution in [0.15, 0.2) is 33.8 Å². The lowest BCUT2D eigenvalue weighted by atomic mass is 9.97. The SMILES string of the molecule is CC(C)(C)c1nc(CNC(N)=NCc2ccc(OC(F)(F)F)cc2)no1. The summed E-state index contributed by atoms with van der Waals surface area (Å²) in [5.74, 6) is 0.832. The van der Waals surface area contributed by atoms with Gasteiger partial charge in [-0.2, -0.15) is 4.98 Å². The number of nitrogens with two attached hydrogens (primary N) is 1. The molecule has 1 aromatic carbocycles. The zero-order valence-corrected chi connectivity index (χ0v) is 14.6. The quantitative estimate of drug-likeness (QED) is 0.619. The van der Waals surface area contributed by atoms with Gasteiger partial charge in [-0.1, -0.05) is 38.1 Å². The predicted molar refractivity (Wildman–Crippen MR) is 88.3 cm³/mol. The Labute approximate surface area is 148 Å². The molecule has 2 aromatic rings. The largest absolute Gasteiger partial charge is 0.573 e. The van der Waals surface area contributed by atoms with Crippen LogP contribution in [-0.4, -0.2) is 22.5 Å². The molecular formula is C16H20F3N5O2. The Morgan fingerprint density at radius 3 is 2.42 bits per heavy atom. The summed E-state index contributed by atoms with van der Waals surface area (Å²) in [4.78, 5) is 8.36. The zero-order valence-electron chi connectivity index (χ0n) is 14.6. The lowest BCUT2D eigenvalue weighted by Gasteiger charge is -2.10. The molecule has 7 nitrogen and oxygen atoms in total. The number of rotatable bonds is 5. The number of hydrogen-bond donors (Lipinski definition) is 2. The van der Waals surface area contributed by atoms with E-state index in [1.54, 1.807) is 0 Å². The van der Waals surface area contributed by atoms with Gasteiger partial charge in [0.25, 0.3) is 0 Å². The molecule has 0 spiro atoms. The first kappa shape index (κ1) is 19.5. The number of hydrogen-bond acceptors (Lipinski definition) is 5. The van der Waals surface area contributed by atoms with E-state index in [0.29, 0.717) is 17.3 Å². The summed E-state index contributed by atoms with van der Waals surface area (Å²) in [5.41, 5.74) is 6.19. The van der Waals surface area contributed by atoms with Crippen molar-refractivity contribution in [3.63, 3.8) is 0 Å². The van der Waals surface area contributed by atoms with E-state index in [9.17, 15) is 13.2 Å². The fourth-order valence-electron chi connectivity index (χ4n) is 1.83. The van der Waals surface area contributed by atoms with E-state index in [0.717, 1.165) is 0 Å². The molecule has 0 unspecified atom stereocenters. The standard InChI is InChI=1S/C16H20F3N5O2/c1-15(2,3)13-23-12(24-26-13)9-22-14(20)21-8-10-4-6-11(7-5-10)25-16(17,18)19/h4-7H,8-9H2,1-3H3,(H3,20,21,22). The number of benzene rings is 1. The molecule has 0 saturated carbocycles. The molecule has 0 saturated heterocycles. The van der Waals surface area contributed by atoms with Crippen molar-refractivity contribution >= 4 is 5.96 Å². The molecule has 1 heterocycles. The Morgan fingerprint density at radius 2 is 1.88 bits per heavy atom. The molecule has 0 atom stereocenters. The van der Waals surface area contributed by atoms with Crippen LogP contribution in [0.2, 0.25) is 0 Å². The second-order valence-corrected chi connectivity index (χ2v) is 6.51. The normalized spacial score (nSPS) is 12.9. The van der Waals surface area contributed by atoms with E-state index >= 15 is 0 Å². The zero-order chi connectivity index (χ0) is 19.4. The molecule has 0 bridgehead atoms. The number of nitrogens with one attached hydrogen (secondary N) is 1. The maximum Gasteiger partial charge on any atom is 0.573 e. The Kier molecular flexibility index (Phi) is 5.73. The Hall–Kier alpha value is -2.78. The second kappa shape index (κ2) is 7.63. The summed E-state index contributed by atoms with van der Waals surface area (Å²) >= 11 is 0. The highest BCUT2D eigenvalue weighted by atomic mass is 19.4. The lowest BCUT2D eigenvalue weighted by Crippen LogP contribution is -2.31. The summed E-state index contributed by atoms with van der Waals surface area (Å²) in [5, 5.41) is 6.69. The van der Waals surface area contributed by atoms with Crippen molar-refractivity contribution in [3.05, 3.63) is 41.5 Å². The second-order valence-electron chi connectivity index (χ2n) is 6.51. The van der Waals surface area contributed by atoms with E-state index < -0.39 is 6.36 Å². The van der Waals surface area contributed by atoms with Crippen molar-refractivity contribution in [2.45, 2.75) is 45.6 Å². The highest BCUT2D eigenvalue weighted by molar-refractivity contribution is 5.77. The summed E-state index contributed by atoms with van der Waals surface area (Å²) < 4.78 is 45.3. The van der Waals surface area contributed by atoms with Gasteiger partial charge in [0.15, 0.2) is 11.8 Å². The molecule has 0 radical (unpaired) electrons. The van der Waals surface area contributed by atoms with Gasteiger partial charge in [-0.25, -0.2) is 4.99 Å². The van der Waals surface area contributed by atoms with Crippen LogP contribution < -0.4 is 15.8 Å². The molecule has 0 aliphatic rings. The van der Waals surface area contributed by atoms with Crippen LogP contribution in [0, 0.1) is 0 Å². The molecule has 26 heavy (non-hydrogen) atoms. The molecule has 0 fully saturated rings. The van der Waals surface area contributed by atoms with Crippen molar-refractivity contribution in [3.8, 4) is 5.75 Å². The maximum absolute atomic E-state index is 12.1. The van der Waals surface area contributed by atoms with Gasteiger partial charge < -0.3 is 20.3 Å². The van der Waals surface area contributed by atoms with Gasteiger partial charge in [0.1, 0.15) is 5.75 Å². The number of alkyl halides is 3. The molecule has 1 aromatic heterocycles. The van der Waals surface area contributed by atoms with Crippen molar-refractivity contribution in [2.24, 2.45) is 10.7 Å². The number of ether oxygens (including phenoxy) is 1. The van der Waals surface area contributed by atoms with Gasteiger partial charge in [0.2, 0.25) is 5.89 Å². The van der Waals surface area contributed by atoms with Gasteiger partial charge in [-0.3, -0.25) is 0 Å². The van der Waals surface area contributed by atoms with Crippen LogP contribution in [0.3, 0.4) is 0 Å². The van der Waals surface area contributed by atoms with Crippen LogP contribution in [0.25, 0.3) is 0 Å². The minimum absolute atomic E-state index is 0.155. The number of halogens is 3. The average Bonchev–Trinajstić information content (AvgIpc) is 3.00. The third kappa shape index (κ3) is 6.26. The molecule has 142 valence electrons. The van der Waals surface area contributed by atoms with Crippen molar-refractivity contribution in [1.29, 1.82) is 0 Å². The molecule has 10 heteroatoms. The van der Waals surface area contributed by atoms with Gasteiger partial charge in [-0.15, -0.1) is 13.2 Å². The van der Waals surface area contributed by atoms with Crippen LogP contribution in [-0.2, 0) is 18.5 Å². The van der Waals surface area contributed by atoms with Gasteiger partial charge in [0, 0.05) is 5.41 Å². The predicted octanol–water partition coefficient (Wildman–Crippen LogP) is 2.87. The van der Waals surface area contributed by atoms with E-state index in [1.165, 1.54) is 24.3 Å². The molecule has 0 amide bonds. The maximum atomic E-state index is 12.1. The van der Waals surface area contributed by atoms with Crippen LogP contribution in [0.4, 0.5) is 13.2 Å². The first-order chi connectivity index (χ1) is 12.0. The van der Waals surface area contributed by atoms with E-state index in [-0.39, 0.29) is 30.2 Å². The van der Waals surface area contributed by atoms with E-state index in [1.807, 2.05) is 20.8 Å². The molecule has 3 N–H and O–H groups in total. The third-order valence-electron chi connectivity index (χ3n) is 3.13. The Morgan fingerprint density at radius 1 is 1.23 bits per heavy atom. The minimum Gasteiger partial charge on any atom is -0.406 e. The number of guanidine groups is 1. The summed E-state index contributed by atoms with van der Waals surface area (Å²) in [6.07, 6.45) is -4.71. The van der Waals surface area contributed by atoms with Crippen molar-refractivity contribution < 1.29 is 22.4 Å². The Bertz CT molecular complexity index is 748. The highest BCUT2D eigenvalue weighted by Gasteiger charge is 2.30. The highest BCUT2D eigenvalue weighted by Crippen LogP contribution is 2.23. The Balaban J connectivity index is 1.85. The summed E-state index contributed by atoms with van der Waals surface area (Å²) in [6.45, 7) is 6.31. The van der Waals surface area contributed by atoms with Crippen molar-refractivity contribution in [1.82, 2.24) is 15.5 Å². The van der Waals surface area contributed by atoms with Gasteiger partial charge in [0.05, 0.1) is 13.1 Å². The van der Waals surface area contributed by atoms with Crippen LogP contribution in [0.5, 0.6) is 5.75 Å². The minimum atomic E-state index is -4.71. The third-order valence-corrected chi connectivity index (χ3v) is 3.13. The summed E-state index contributed by atoms with van der Waals surface area (Å²) in [7, 11) is 0. The number of aromatic nitrogens is 2. The molecule has 0 aliphatic carbocycles. The average molecular weight is 371 g/mol. The van der Waals surface area contributed by atoms with Gasteiger partial charge in [-0.05, 0) is 17.7 Å². The van der Waals surface area contributed by atoms with E-state index in [2.05, 4.69) is 25.2 Å². The monoisotopic (exact) mass is 371 g/mol. The van der Waals surface area contributed by atoms with Gasteiger partial charge >= 0.3 is 6.36 Å².